The number of likely N-dealkylation sites (N-methyl/N-ethyl adjacent to an activating group) is 1. The normalized spacial score (nSPS) is 17.5. The number of anilines is 1. The summed E-state index contributed by atoms with van der Waals surface area (Å²) in [4.78, 5) is 51.1. The van der Waals surface area contributed by atoms with Gasteiger partial charge < -0.3 is 24.7 Å². The van der Waals surface area contributed by atoms with Gasteiger partial charge in [-0.25, -0.2) is 0 Å². The van der Waals surface area contributed by atoms with E-state index in [1.54, 1.807) is 12.2 Å². The van der Waals surface area contributed by atoms with Gasteiger partial charge >= 0.3 is 59.1 Å². The topological polar surface area (TPSA) is 126 Å². The molecule has 2 aliphatic rings. The summed E-state index contributed by atoms with van der Waals surface area (Å²) in [6, 6.07) is 7.88. The first-order valence-electron chi connectivity index (χ1n) is 10.3. The molecule has 2 aliphatic heterocycles. The third-order valence-electron chi connectivity index (χ3n) is 5.22. The Morgan fingerprint density at radius 2 is 1.68 bits per heavy atom. The summed E-state index contributed by atoms with van der Waals surface area (Å²) >= 11 is 6.82. The van der Waals surface area contributed by atoms with Crippen LogP contribution in [0.5, 0.6) is 0 Å². The van der Waals surface area contributed by atoms with Gasteiger partial charge in [0.25, 0.3) is 11.5 Å². The number of aliphatic carboxylic acids is 2. The Morgan fingerprint density at radius 1 is 1.00 bits per heavy atom. The van der Waals surface area contributed by atoms with E-state index in [1.165, 1.54) is 0 Å². The number of para-hydroxylation sites is 1. The number of thiocarbonyl (C=S) groups is 1. The maximum Gasteiger partial charge on any atom is 1.00 e. The average Bonchev–Trinajstić information content (AvgIpc) is 3.27. The predicted octanol–water partition coefficient (Wildman–Crippen LogP) is -7.40. The van der Waals surface area contributed by atoms with E-state index in [0.29, 0.717) is 6.54 Å². The molecule has 3 heterocycles. The number of allylic oxidation sites excluding steroid dienone is 2. The summed E-state index contributed by atoms with van der Waals surface area (Å²) in [5.74, 6) is -3.74. The number of carboxylic acid groups (broad SMARTS) is 2. The largest absolute Gasteiger partial charge is 1.00 e. The minimum atomic E-state index is -1.51. The molecular weight excluding hydrogens is 556 g/mol. The van der Waals surface area contributed by atoms with Crippen LogP contribution in [0.3, 0.4) is 0 Å². The standard InChI is InChI=1S/C23H19N3O6S3.2Na/c1-2-24-14(8-7-13-5-3-4-6-15(13)24)9-10-16-20(31)25(11-17(27)28)22(34-16)19-21(32)26(12-18(29)30)23(33)35-19;;/h3-10H,2,11-12H2,1H3,(H,27,28)(H,29,30);;/q;2*+1/p-2/b14-9?,16-10?,22-19-;;. The van der Waals surface area contributed by atoms with E-state index in [0.717, 1.165) is 49.5 Å². The third-order valence-corrected chi connectivity index (χ3v) is 7.94. The first kappa shape index (κ1) is 31.7. The van der Waals surface area contributed by atoms with E-state index >= 15 is 0 Å². The fourth-order valence-corrected chi connectivity index (χ4v) is 6.16. The number of thiazole rings is 1. The summed E-state index contributed by atoms with van der Waals surface area (Å²) < 4.78 is 1.17. The van der Waals surface area contributed by atoms with Gasteiger partial charge in [-0.2, -0.15) is 0 Å². The molecule has 1 fully saturated rings. The van der Waals surface area contributed by atoms with Crippen molar-refractivity contribution in [2.24, 2.45) is 0 Å². The molecule has 2 aromatic rings. The molecule has 0 N–H and O–H groups in total. The van der Waals surface area contributed by atoms with Crippen LogP contribution in [0, 0.1) is 0 Å². The maximum atomic E-state index is 13.1. The van der Waals surface area contributed by atoms with Crippen LogP contribution in [0.2, 0.25) is 0 Å². The Balaban J connectivity index is 0.00000241. The van der Waals surface area contributed by atoms with Gasteiger partial charge in [0, 0.05) is 17.9 Å². The maximum absolute atomic E-state index is 13.1. The number of carboxylic acids is 2. The summed E-state index contributed by atoms with van der Waals surface area (Å²) in [5.41, 5.74) is 2.29. The van der Waals surface area contributed by atoms with Crippen LogP contribution in [-0.2, 0) is 20.9 Å². The monoisotopic (exact) mass is 573 g/mol. The van der Waals surface area contributed by atoms with Crippen molar-refractivity contribution in [3.8, 4) is 0 Å². The number of nitrogens with zero attached hydrogens (tertiary/aromatic N) is 3. The zero-order valence-electron chi connectivity index (χ0n) is 20.3. The van der Waals surface area contributed by atoms with Crippen molar-refractivity contribution >= 4 is 80.2 Å². The van der Waals surface area contributed by atoms with Crippen LogP contribution < -0.4 is 89.0 Å². The molecule has 0 spiro atoms. The zero-order chi connectivity index (χ0) is 25.3. The molecule has 0 bridgehead atoms. The van der Waals surface area contributed by atoms with Crippen LogP contribution in [0.1, 0.15) is 12.5 Å². The molecule has 1 saturated heterocycles. The van der Waals surface area contributed by atoms with Crippen molar-refractivity contribution in [3.05, 3.63) is 67.2 Å². The Morgan fingerprint density at radius 3 is 2.32 bits per heavy atom. The summed E-state index contributed by atoms with van der Waals surface area (Å²) in [7, 11) is 0. The van der Waals surface area contributed by atoms with Crippen molar-refractivity contribution in [1.29, 1.82) is 0 Å². The van der Waals surface area contributed by atoms with E-state index in [2.05, 4.69) is 4.90 Å². The second kappa shape index (κ2) is 13.5. The van der Waals surface area contributed by atoms with Gasteiger partial charge in [-0.1, -0.05) is 48.3 Å². The van der Waals surface area contributed by atoms with Gasteiger partial charge in [0.2, 0.25) is 0 Å². The second-order valence-corrected chi connectivity index (χ2v) is 10.1. The number of hydrogen-bond acceptors (Lipinski definition) is 10. The second-order valence-electron chi connectivity index (χ2n) is 7.39. The number of fused-ring (bicyclic) bond motifs is 1. The summed E-state index contributed by atoms with van der Waals surface area (Å²) in [6.07, 6.45) is 7.20. The predicted molar refractivity (Wildman–Crippen MR) is 134 cm³/mol. The van der Waals surface area contributed by atoms with E-state index in [1.807, 2.05) is 43.3 Å². The molecular formula is C23H17N3Na2O6S3. The molecule has 180 valence electrons. The van der Waals surface area contributed by atoms with Crippen LogP contribution >= 0.6 is 35.3 Å². The molecule has 0 aliphatic carbocycles. The molecule has 1 aromatic carbocycles. The van der Waals surface area contributed by atoms with Gasteiger partial charge in [-0.3, -0.25) is 19.1 Å². The van der Waals surface area contributed by atoms with Gasteiger partial charge in [0.1, 0.15) is 13.9 Å². The molecule has 0 atom stereocenters. The van der Waals surface area contributed by atoms with Crippen LogP contribution in [-0.4, -0.2) is 44.7 Å². The van der Waals surface area contributed by atoms with Crippen molar-refractivity contribution in [2.45, 2.75) is 13.5 Å². The molecule has 9 nitrogen and oxygen atoms in total. The van der Waals surface area contributed by atoms with Gasteiger partial charge in [-0.05, 0) is 36.8 Å². The van der Waals surface area contributed by atoms with Crippen molar-refractivity contribution in [3.63, 3.8) is 0 Å². The van der Waals surface area contributed by atoms with Crippen LogP contribution in [0.4, 0.5) is 5.69 Å². The Labute approximate surface area is 269 Å². The number of rotatable bonds is 6. The Hall–Kier alpha value is -1.48. The summed E-state index contributed by atoms with van der Waals surface area (Å²) in [6.45, 7) is 1.17. The van der Waals surface area contributed by atoms with Gasteiger partial charge in [-0.15, -0.1) is 11.3 Å². The van der Waals surface area contributed by atoms with E-state index in [-0.39, 0.29) is 77.5 Å². The molecule has 1 aromatic heterocycles. The Kier molecular flexibility index (Phi) is 11.6. The Bertz CT molecular complexity index is 1510. The number of thioether (sulfide) groups is 1. The minimum Gasteiger partial charge on any atom is -0.548 e. The quantitative estimate of drug-likeness (QED) is 0.245. The molecule has 4 rings (SSSR count). The van der Waals surface area contributed by atoms with Crippen molar-refractivity contribution < 1.29 is 83.7 Å². The van der Waals surface area contributed by atoms with E-state index < -0.39 is 36.5 Å². The molecule has 0 radical (unpaired) electrons. The van der Waals surface area contributed by atoms with Gasteiger partial charge in [0.15, 0.2) is 0 Å². The number of amides is 1. The molecule has 0 saturated carbocycles. The summed E-state index contributed by atoms with van der Waals surface area (Å²) in [5, 5.41) is 22.3. The van der Waals surface area contributed by atoms with E-state index in [9.17, 15) is 29.4 Å². The number of carbonyl (C=O) groups is 3. The minimum absolute atomic E-state index is 0. The molecule has 0 unspecified atom stereocenters. The average molecular weight is 574 g/mol. The smallest absolute Gasteiger partial charge is 0.548 e. The SMILES string of the molecule is CCN1C(=CC=c2s/c(=C3\SC(=S)N(CC(=O)[O-])C3=O)n(CC(=O)[O-])c2=O)C=Cc2ccccc21.[Na+].[Na+]. The van der Waals surface area contributed by atoms with Crippen LogP contribution in [0.25, 0.3) is 17.1 Å². The van der Waals surface area contributed by atoms with Crippen molar-refractivity contribution in [1.82, 2.24) is 9.47 Å². The number of hydrogen-bond donors (Lipinski definition) is 0. The van der Waals surface area contributed by atoms with Gasteiger partial charge in [0.05, 0.1) is 29.6 Å². The van der Waals surface area contributed by atoms with E-state index in [4.69, 9.17) is 12.2 Å². The van der Waals surface area contributed by atoms with Crippen LogP contribution in [0.15, 0.2) is 46.9 Å². The third kappa shape index (κ3) is 6.75. The van der Waals surface area contributed by atoms with Crippen molar-refractivity contribution in [2.75, 3.05) is 18.0 Å². The number of benzene rings is 1. The molecule has 37 heavy (non-hydrogen) atoms. The molecule has 14 heteroatoms. The molecule has 1 amide bonds. The number of aromatic nitrogens is 1. The first-order valence-corrected chi connectivity index (χ1v) is 12.4. The zero-order valence-corrected chi connectivity index (χ0v) is 26.7. The fraction of sp³-hybridized carbons (Fsp3) is 0.174. The number of carbonyl (C=O) groups excluding carboxylic acids is 3. The fourth-order valence-electron chi connectivity index (χ4n) is 3.71. The first-order chi connectivity index (χ1) is 16.7.